The molecule has 1 N–H and O–H groups in total. The fraction of sp³-hybridized carbons (Fsp3) is 0.143. The number of nitrogens with one attached hydrogen (secondary N) is 1. The van der Waals surface area contributed by atoms with Gasteiger partial charge in [-0.25, -0.2) is 4.79 Å². The van der Waals surface area contributed by atoms with Gasteiger partial charge in [0, 0.05) is 17.3 Å². The minimum atomic E-state index is -0.634. The third-order valence-electron chi connectivity index (χ3n) is 2.87. The van der Waals surface area contributed by atoms with Crippen LogP contribution in [0.4, 0.5) is 0 Å². The molecule has 3 rings (SSSR count). The van der Waals surface area contributed by atoms with Crippen LogP contribution in [-0.2, 0) is 4.74 Å². The van der Waals surface area contributed by atoms with Gasteiger partial charge >= 0.3 is 5.97 Å². The Kier molecular flexibility index (Phi) is 2.41. The topological polar surface area (TPSA) is 72.3 Å². The van der Waals surface area contributed by atoms with Crippen LogP contribution in [-0.4, -0.2) is 11.0 Å². The number of hydrogen-bond acceptors (Lipinski definition) is 4. The molecule has 2 aromatic rings. The second-order valence-corrected chi connectivity index (χ2v) is 4.42. The van der Waals surface area contributed by atoms with Crippen LogP contribution < -0.4 is 5.56 Å². The van der Waals surface area contributed by atoms with Gasteiger partial charge in [0.05, 0.1) is 0 Å². The number of aromatic amines is 1. The Hall–Kier alpha value is -2.56. The van der Waals surface area contributed by atoms with Crippen molar-refractivity contribution in [3.05, 3.63) is 56.9 Å². The first-order chi connectivity index (χ1) is 9.04. The van der Waals surface area contributed by atoms with Crippen LogP contribution in [0.1, 0.15) is 33.1 Å². The Bertz CT molecular complexity index is 764. The van der Waals surface area contributed by atoms with E-state index in [4.69, 9.17) is 9.15 Å². The molecule has 5 nitrogen and oxygen atoms in total. The first-order valence-electron chi connectivity index (χ1n) is 5.79. The summed E-state index contributed by atoms with van der Waals surface area (Å²) in [6.45, 7) is 3.57. The first-order valence-corrected chi connectivity index (χ1v) is 5.79. The van der Waals surface area contributed by atoms with Crippen LogP contribution in [0, 0.1) is 13.8 Å². The summed E-state index contributed by atoms with van der Waals surface area (Å²) in [4.78, 5) is 26.0. The van der Waals surface area contributed by atoms with Crippen molar-refractivity contribution in [3.63, 3.8) is 0 Å². The number of carbonyl (C=O) groups is 1. The van der Waals surface area contributed by atoms with E-state index in [2.05, 4.69) is 4.98 Å². The van der Waals surface area contributed by atoms with E-state index in [-0.39, 0.29) is 5.56 Å². The van der Waals surface area contributed by atoms with Crippen molar-refractivity contribution in [2.24, 2.45) is 0 Å². The lowest BCUT2D eigenvalue weighted by Gasteiger charge is -1.98. The quantitative estimate of drug-likeness (QED) is 0.795. The average Bonchev–Trinajstić information content (AvgIpc) is 2.84. The molecular formula is C14H11NO4. The van der Waals surface area contributed by atoms with Gasteiger partial charge in [-0.05, 0) is 32.0 Å². The molecule has 3 heterocycles. The van der Waals surface area contributed by atoms with Crippen molar-refractivity contribution < 1.29 is 13.9 Å². The van der Waals surface area contributed by atoms with E-state index in [0.717, 1.165) is 5.76 Å². The van der Waals surface area contributed by atoms with Gasteiger partial charge in [0.15, 0.2) is 0 Å². The molecule has 0 aromatic carbocycles. The average molecular weight is 257 g/mol. The maximum Gasteiger partial charge on any atom is 0.349 e. The van der Waals surface area contributed by atoms with Crippen molar-refractivity contribution in [1.82, 2.24) is 4.98 Å². The van der Waals surface area contributed by atoms with Crippen LogP contribution in [0.2, 0.25) is 0 Å². The number of pyridine rings is 1. The minimum Gasteiger partial charge on any atom is -0.462 e. The molecule has 0 saturated heterocycles. The lowest BCUT2D eigenvalue weighted by atomic mass is 10.1. The molecule has 5 heteroatoms. The molecule has 0 atom stereocenters. The van der Waals surface area contributed by atoms with E-state index < -0.39 is 11.5 Å². The molecule has 1 aliphatic heterocycles. The molecule has 19 heavy (non-hydrogen) atoms. The number of furan rings is 1. The molecule has 2 aromatic heterocycles. The van der Waals surface area contributed by atoms with Crippen LogP contribution in [0.5, 0.6) is 0 Å². The van der Waals surface area contributed by atoms with Gasteiger partial charge in [-0.2, -0.15) is 0 Å². The number of fused-ring (bicyclic) bond motifs is 1. The molecule has 0 spiro atoms. The summed E-state index contributed by atoms with van der Waals surface area (Å²) in [7, 11) is 0. The number of cyclic esters (lactones) is 1. The van der Waals surface area contributed by atoms with Crippen LogP contribution in [0.3, 0.4) is 0 Å². The molecule has 0 aliphatic carbocycles. The van der Waals surface area contributed by atoms with Gasteiger partial charge in [0.1, 0.15) is 22.8 Å². The summed E-state index contributed by atoms with van der Waals surface area (Å²) in [6.07, 6.45) is 1.61. The highest BCUT2D eigenvalue weighted by Gasteiger charge is 2.30. The largest absolute Gasteiger partial charge is 0.462 e. The van der Waals surface area contributed by atoms with Gasteiger partial charge in [0.25, 0.3) is 5.56 Å². The third-order valence-corrected chi connectivity index (χ3v) is 2.87. The number of rotatable bonds is 1. The Labute approximate surface area is 108 Å². The predicted molar refractivity (Wildman–Crippen MR) is 68.5 cm³/mol. The van der Waals surface area contributed by atoms with Crippen molar-refractivity contribution >= 4 is 17.8 Å². The maximum atomic E-state index is 11.7. The number of carbonyl (C=O) groups excluding carboxylic acids is 1. The smallest absolute Gasteiger partial charge is 0.349 e. The fourth-order valence-corrected chi connectivity index (χ4v) is 2.06. The fourth-order valence-electron chi connectivity index (χ4n) is 2.06. The van der Waals surface area contributed by atoms with Crippen molar-refractivity contribution in [2.75, 3.05) is 0 Å². The van der Waals surface area contributed by atoms with Crippen LogP contribution in [0.15, 0.2) is 27.4 Å². The standard InChI is InChI=1S/C14H11NO4/c1-7-5-10-11(6-9-4-3-8(2)18-9)19-14(17)12(10)13(16)15-7/h3-6H,1-2H3,(H,15,16)/b11-6+. The molecule has 0 bridgehead atoms. The van der Waals surface area contributed by atoms with E-state index >= 15 is 0 Å². The van der Waals surface area contributed by atoms with E-state index in [1.54, 1.807) is 25.1 Å². The molecule has 0 saturated carbocycles. The normalized spacial score (nSPS) is 15.7. The zero-order valence-corrected chi connectivity index (χ0v) is 10.4. The molecule has 0 amide bonds. The molecule has 0 radical (unpaired) electrons. The maximum absolute atomic E-state index is 11.7. The van der Waals surface area contributed by atoms with Crippen LogP contribution in [0.25, 0.3) is 11.8 Å². The first kappa shape index (κ1) is 11.5. The highest BCUT2D eigenvalue weighted by molar-refractivity contribution is 6.05. The number of esters is 1. The van der Waals surface area contributed by atoms with E-state index in [9.17, 15) is 9.59 Å². The zero-order valence-electron chi connectivity index (χ0n) is 10.4. The number of aromatic nitrogens is 1. The third kappa shape index (κ3) is 1.89. The SMILES string of the molecule is Cc1cc2c(c(=O)[nH]1)C(=O)O/C2=C/c1ccc(C)o1. The Morgan fingerprint density at radius 3 is 2.68 bits per heavy atom. The van der Waals surface area contributed by atoms with Crippen molar-refractivity contribution in [1.29, 1.82) is 0 Å². The molecule has 0 fully saturated rings. The monoisotopic (exact) mass is 257 g/mol. The second-order valence-electron chi connectivity index (χ2n) is 4.42. The zero-order chi connectivity index (χ0) is 13.6. The Balaban J connectivity index is 2.17. The molecule has 96 valence electrons. The van der Waals surface area contributed by atoms with Crippen LogP contribution >= 0.6 is 0 Å². The van der Waals surface area contributed by atoms with E-state index in [0.29, 0.717) is 22.8 Å². The summed E-state index contributed by atoms with van der Waals surface area (Å²) in [6, 6.07) is 5.30. The Morgan fingerprint density at radius 1 is 1.21 bits per heavy atom. The predicted octanol–water partition coefficient (Wildman–Crippen LogP) is 2.25. The van der Waals surface area contributed by atoms with Gasteiger partial charge in [-0.3, -0.25) is 4.79 Å². The Morgan fingerprint density at radius 2 is 2.00 bits per heavy atom. The lowest BCUT2D eigenvalue weighted by Crippen LogP contribution is -2.16. The molecule has 1 aliphatic rings. The lowest BCUT2D eigenvalue weighted by molar-refractivity contribution is 0.0715. The number of hydrogen-bond donors (Lipinski definition) is 1. The number of H-pyrrole nitrogens is 1. The highest BCUT2D eigenvalue weighted by Crippen LogP contribution is 2.29. The number of aryl methyl sites for hydroxylation is 2. The molecule has 0 unspecified atom stereocenters. The minimum absolute atomic E-state index is 0.0418. The van der Waals surface area contributed by atoms with Gasteiger partial charge in [-0.1, -0.05) is 0 Å². The summed E-state index contributed by atoms with van der Waals surface area (Å²) >= 11 is 0. The van der Waals surface area contributed by atoms with Crippen molar-refractivity contribution in [3.8, 4) is 0 Å². The summed E-state index contributed by atoms with van der Waals surface area (Å²) in [5, 5.41) is 0. The highest BCUT2D eigenvalue weighted by atomic mass is 16.5. The summed E-state index contributed by atoms with van der Waals surface area (Å²) in [5.41, 5.74) is 0.781. The van der Waals surface area contributed by atoms with Crippen molar-refractivity contribution in [2.45, 2.75) is 13.8 Å². The van der Waals surface area contributed by atoms with E-state index in [1.807, 2.05) is 13.0 Å². The second kappa shape index (κ2) is 3.98. The summed E-state index contributed by atoms with van der Waals surface area (Å²) in [5.74, 6) is 1.04. The van der Waals surface area contributed by atoms with Gasteiger partial charge in [-0.15, -0.1) is 0 Å². The number of ether oxygens (including phenoxy) is 1. The van der Waals surface area contributed by atoms with Gasteiger partial charge < -0.3 is 14.1 Å². The van der Waals surface area contributed by atoms with E-state index in [1.165, 1.54) is 0 Å². The summed E-state index contributed by atoms with van der Waals surface area (Å²) < 4.78 is 10.5. The molecular weight excluding hydrogens is 246 g/mol. The van der Waals surface area contributed by atoms with Gasteiger partial charge in [0.2, 0.25) is 0 Å².